The highest BCUT2D eigenvalue weighted by Gasteiger charge is 2.28. The molecule has 1 aliphatic rings. The summed E-state index contributed by atoms with van der Waals surface area (Å²) in [4.78, 5) is 39.2. The Labute approximate surface area is 192 Å². The van der Waals surface area contributed by atoms with Crippen molar-refractivity contribution in [3.8, 4) is 5.69 Å². The lowest BCUT2D eigenvalue weighted by Gasteiger charge is -2.16. The van der Waals surface area contributed by atoms with Crippen LogP contribution in [0.15, 0.2) is 47.5 Å². The van der Waals surface area contributed by atoms with E-state index in [0.717, 1.165) is 21.6 Å². The lowest BCUT2D eigenvalue weighted by molar-refractivity contribution is -0.137. The van der Waals surface area contributed by atoms with Gasteiger partial charge in [0.1, 0.15) is 16.3 Å². The Bertz CT molecular complexity index is 1200. The van der Waals surface area contributed by atoms with Gasteiger partial charge in [-0.2, -0.15) is 5.10 Å². The fourth-order valence-electron chi connectivity index (χ4n) is 3.25. The average Bonchev–Trinajstić information content (AvgIpc) is 3.45. The number of rotatable bonds is 7. The largest absolute Gasteiger partial charge is 0.463 e. The van der Waals surface area contributed by atoms with Crippen LogP contribution >= 0.6 is 23.1 Å². The highest BCUT2D eigenvalue weighted by atomic mass is 32.2. The van der Waals surface area contributed by atoms with Gasteiger partial charge in [0.25, 0.3) is 0 Å². The van der Waals surface area contributed by atoms with Crippen LogP contribution in [-0.2, 0) is 19.1 Å². The Kier molecular flexibility index (Phi) is 6.61. The number of thioether (sulfide) groups is 1. The quantitative estimate of drug-likeness (QED) is 0.385. The first kappa shape index (κ1) is 22.1. The van der Waals surface area contributed by atoms with Gasteiger partial charge in [0, 0.05) is 5.39 Å². The molecule has 0 spiro atoms. The van der Waals surface area contributed by atoms with Crippen LogP contribution in [-0.4, -0.2) is 58.0 Å². The minimum Gasteiger partial charge on any atom is -0.463 e. The van der Waals surface area contributed by atoms with Crippen molar-refractivity contribution in [3.05, 3.63) is 58.1 Å². The number of esters is 2. The Morgan fingerprint density at radius 1 is 1.22 bits per heavy atom. The molecule has 3 aromatic rings. The van der Waals surface area contributed by atoms with Crippen molar-refractivity contribution >= 4 is 51.2 Å². The first-order valence-electron chi connectivity index (χ1n) is 10.0. The Morgan fingerprint density at radius 3 is 2.75 bits per heavy atom. The fraction of sp³-hybridized carbons (Fsp3) is 0.273. The normalized spacial score (nSPS) is 15.0. The monoisotopic (exact) mass is 471 g/mol. The van der Waals surface area contributed by atoms with E-state index < -0.39 is 11.9 Å². The van der Waals surface area contributed by atoms with Gasteiger partial charge in [0.2, 0.25) is 5.91 Å². The van der Waals surface area contributed by atoms with E-state index in [9.17, 15) is 14.4 Å². The first-order chi connectivity index (χ1) is 15.5. The molecule has 0 aliphatic carbocycles. The standard InChI is InChI=1S/C22H21N3O5S2/c1-3-29-20(27)12-19-24(18(26)13-31-19)9-10-30-22(28)17-11-16-14(2)23-25(21(16)32-17)15-7-5-4-6-8-15/h4-8,11-12H,3,9-10,13H2,1-2H3/b19-12-. The second-order valence-electron chi connectivity index (χ2n) is 6.87. The summed E-state index contributed by atoms with van der Waals surface area (Å²) in [7, 11) is 0. The predicted molar refractivity (Wildman–Crippen MR) is 123 cm³/mol. The molecule has 0 radical (unpaired) electrons. The third kappa shape index (κ3) is 4.56. The van der Waals surface area contributed by atoms with Gasteiger partial charge in [-0.25, -0.2) is 14.3 Å². The minimum atomic E-state index is -0.500. The molecule has 1 fully saturated rings. The molecule has 1 aliphatic heterocycles. The molecule has 0 unspecified atom stereocenters. The molecular weight excluding hydrogens is 450 g/mol. The fourth-order valence-corrected chi connectivity index (χ4v) is 5.28. The predicted octanol–water partition coefficient (Wildman–Crippen LogP) is 3.53. The number of amides is 1. The number of fused-ring (bicyclic) bond motifs is 1. The van der Waals surface area contributed by atoms with Gasteiger partial charge >= 0.3 is 11.9 Å². The number of aromatic nitrogens is 2. The number of aryl methyl sites for hydroxylation is 1. The zero-order valence-corrected chi connectivity index (χ0v) is 19.2. The van der Waals surface area contributed by atoms with E-state index in [2.05, 4.69) is 5.10 Å². The number of hydrogen-bond donors (Lipinski definition) is 0. The summed E-state index contributed by atoms with van der Waals surface area (Å²) < 4.78 is 12.1. The molecule has 3 heterocycles. The van der Waals surface area contributed by atoms with Gasteiger partial charge in [-0.3, -0.25) is 4.79 Å². The van der Waals surface area contributed by atoms with E-state index in [1.807, 2.05) is 41.9 Å². The first-order valence-corrected chi connectivity index (χ1v) is 11.8. The van der Waals surface area contributed by atoms with Gasteiger partial charge in [0.05, 0.1) is 41.4 Å². The Balaban J connectivity index is 1.43. The molecule has 1 saturated heterocycles. The van der Waals surface area contributed by atoms with Crippen LogP contribution in [0.5, 0.6) is 0 Å². The number of benzene rings is 1. The number of hydrogen-bond acceptors (Lipinski definition) is 8. The lowest BCUT2D eigenvalue weighted by Crippen LogP contribution is -2.29. The maximum absolute atomic E-state index is 12.6. The lowest BCUT2D eigenvalue weighted by atomic mass is 10.3. The summed E-state index contributed by atoms with van der Waals surface area (Å²) in [6.07, 6.45) is 1.30. The molecule has 4 rings (SSSR count). The molecule has 2 aromatic heterocycles. The second-order valence-corrected chi connectivity index (χ2v) is 8.89. The summed E-state index contributed by atoms with van der Waals surface area (Å²) in [6.45, 7) is 4.06. The van der Waals surface area contributed by atoms with Crippen LogP contribution < -0.4 is 0 Å². The molecule has 8 nitrogen and oxygen atoms in total. The van der Waals surface area contributed by atoms with Crippen LogP contribution in [0.1, 0.15) is 22.3 Å². The third-order valence-electron chi connectivity index (χ3n) is 4.73. The zero-order chi connectivity index (χ0) is 22.7. The van der Waals surface area contributed by atoms with Crippen LogP contribution in [0.2, 0.25) is 0 Å². The third-order valence-corrected chi connectivity index (χ3v) is 6.85. The molecule has 1 amide bonds. The van der Waals surface area contributed by atoms with Gasteiger partial charge in [0.15, 0.2) is 0 Å². The maximum atomic E-state index is 12.6. The van der Waals surface area contributed by atoms with E-state index >= 15 is 0 Å². The van der Waals surface area contributed by atoms with Crippen molar-refractivity contribution in [1.29, 1.82) is 0 Å². The van der Waals surface area contributed by atoms with Crippen LogP contribution in [0.3, 0.4) is 0 Å². The zero-order valence-electron chi connectivity index (χ0n) is 17.6. The summed E-state index contributed by atoms with van der Waals surface area (Å²) in [6, 6.07) is 11.5. The summed E-state index contributed by atoms with van der Waals surface area (Å²) in [5.74, 6) is -0.854. The second kappa shape index (κ2) is 9.58. The van der Waals surface area contributed by atoms with Gasteiger partial charge < -0.3 is 14.4 Å². The highest BCUT2D eigenvalue weighted by Crippen LogP contribution is 2.31. The van der Waals surface area contributed by atoms with Crippen molar-refractivity contribution in [2.75, 3.05) is 25.5 Å². The van der Waals surface area contributed by atoms with E-state index in [-0.39, 0.29) is 31.4 Å². The van der Waals surface area contributed by atoms with E-state index in [4.69, 9.17) is 9.47 Å². The van der Waals surface area contributed by atoms with Crippen LogP contribution in [0.25, 0.3) is 15.9 Å². The van der Waals surface area contributed by atoms with Crippen LogP contribution in [0.4, 0.5) is 0 Å². The van der Waals surface area contributed by atoms with E-state index in [1.165, 1.54) is 34.1 Å². The molecule has 1 aromatic carbocycles. The smallest absolute Gasteiger partial charge is 0.348 e. The SMILES string of the molecule is CCOC(=O)/C=C1\SCC(=O)N1CCOC(=O)c1cc2c(C)nn(-c3ccccc3)c2s1. The number of ether oxygens (including phenoxy) is 2. The Hall–Kier alpha value is -3.11. The molecule has 0 saturated carbocycles. The maximum Gasteiger partial charge on any atom is 0.348 e. The molecule has 166 valence electrons. The number of carbonyl (C=O) groups excluding carboxylic acids is 3. The van der Waals surface area contributed by atoms with Crippen molar-refractivity contribution in [2.24, 2.45) is 0 Å². The van der Waals surface area contributed by atoms with Gasteiger partial charge in [-0.05, 0) is 32.0 Å². The van der Waals surface area contributed by atoms with E-state index in [0.29, 0.717) is 9.91 Å². The number of carbonyl (C=O) groups is 3. The molecule has 0 bridgehead atoms. The summed E-state index contributed by atoms with van der Waals surface area (Å²) >= 11 is 2.58. The van der Waals surface area contributed by atoms with Gasteiger partial charge in [-0.15, -0.1) is 11.3 Å². The minimum absolute atomic E-state index is 0.0172. The van der Waals surface area contributed by atoms with Crippen molar-refractivity contribution in [2.45, 2.75) is 13.8 Å². The molecule has 0 atom stereocenters. The topological polar surface area (TPSA) is 90.7 Å². The van der Waals surface area contributed by atoms with Crippen molar-refractivity contribution < 1.29 is 23.9 Å². The van der Waals surface area contributed by atoms with Crippen molar-refractivity contribution in [1.82, 2.24) is 14.7 Å². The summed E-state index contributed by atoms with van der Waals surface area (Å²) in [5, 5.41) is 5.98. The number of nitrogens with zero attached hydrogens (tertiary/aromatic N) is 3. The molecular formula is C22H21N3O5S2. The number of thiophene rings is 1. The molecule has 32 heavy (non-hydrogen) atoms. The molecule has 0 N–H and O–H groups in total. The number of para-hydroxylation sites is 1. The Morgan fingerprint density at radius 2 is 2.00 bits per heavy atom. The summed E-state index contributed by atoms with van der Waals surface area (Å²) in [5.41, 5.74) is 1.74. The highest BCUT2D eigenvalue weighted by molar-refractivity contribution is 8.04. The van der Waals surface area contributed by atoms with Crippen molar-refractivity contribution in [3.63, 3.8) is 0 Å². The van der Waals surface area contributed by atoms with Crippen LogP contribution in [0, 0.1) is 6.92 Å². The average molecular weight is 472 g/mol. The molecule has 10 heteroatoms. The van der Waals surface area contributed by atoms with E-state index in [1.54, 1.807) is 13.0 Å². The van der Waals surface area contributed by atoms with Gasteiger partial charge in [-0.1, -0.05) is 30.0 Å².